The Morgan fingerprint density at radius 1 is 1.26 bits per heavy atom. The molecule has 0 saturated carbocycles. The maximum absolute atomic E-state index is 13.2. The summed E-state index contributed by atoms with van der Waals surface area (Å²) in [5, 5.41) is 7.66. The average molecular weight is 470 g/mol. The third-order valence-corrected chi connectivity index (χ3v) is 7.66. The lowest BCUT2D eigenvalue weighted by atomic mass is 9.73. The number of hydrogen-bond acceptors (Lipinski definition) is 7. The van der Waals surface area contributed by atoms with E-state index in [9.17, 15) is 4.79 Å². The lowest BCUT2D eigenvalue weighted by Gasteiger charge is -2.42. The van der Waals surface area contributed by atoms with Gasteiger partial charge >= 0.3 is 0 Å². The minimum absolute atomic E-state index is 0.0436. The molecule has 1 saturated heterocycles. The highest BCUT2D eigenvalue weighted by molar-refractivity contribution is 5.92. The predicted molar refractivity (Wildman–Crippen MR) is 134 cm³/mol. The third kappa shape index (κ3) is 3.42. The number of nitrogens with two attached hydrogens (primary N) is 1. The quantitative estimate of drug-likeness (QED) is 0.419. The number of pyridine rings is 1. The van der Waals surface area contributed by atoms with E-state index in [1.165, 1.54) is 11.1 Å². The molecule has 0 amide bonds. The van der Waals surface area contributed by atoms with Gasteiger partial charge in [-0.05, 0) is 47.4 Å². The summed E-state index contributed by atoms with van der Waals surface area (Å²) in [4.78, 5) is 27.1. The number of anilines is 1. The molecule has 178 valence electrons. The molecule has 4 N–H and O–H groups in total. The van der Waals surface area contributed by atoms with E-state index in [0.717, 1.165) is 37.9 Å². The smallest absolute Gasteiger partial charge is 0.264 e. The number of nitrogens with zero attached hydrogens (tertiary/aromatic N) is 4. The van der Waals surface area contributed by atoms with Gasteiger partial charge in [0, 0.05) is 37.0 Å². The fourth-order valence-electron chi connectivity index (χ4n) is 5.61. The van der Waals surface area contributed by atoms with Crippen LogP contribution >= 0.6 is 0 Å². The number of fused-ring (bicyclic) bond motifs is 2. The summed E-state index contributed by atoms with van der Waals surface area (Å²) in [6, 6.07) is 12.1. The zero-order valence-corrected chi connectivity index (χ0v) is 19.5. The van der Waals surface area contributed by atoms with Gasteiger partial charge in [-0.3, -0.25) is 14.9 Å². The van der Waals surface area contributed by atoms with Crippen LogP contribution in [0, 0.1) is 5.41 Å². The molecule has 4 heterocycles. The Morgan fingerprint density at radius 3 is 2.83 bits per heavy atom. The molecule has 0 unspecified atom stereocenters. The summed E-state index contributed by atoms with van der Waals surface area (Å²) in [5.74, 6) is 1.01. The molecule has 4 aromatic rings. The standard InChI is InChI=1S/C26H27N7O2/c1-15(16-7-10-28-19(13-16)35-2)21-20-23(32-31-21)29-25(30-24(20)34)33-11-8-26(9-12-33)14-17-5-3-4-6-18(17)22(26)27/h3-7,10,13,22H,1,8-9,11-12,14,27H2,2H3,(H2,29,30,31,32,34)/t22-/m1/s1. The highest BCUT2D eigenvalue weighted by atomic mass is 16.5. The van der Waals surface area contributed by atoms with Crippen LogP contribution in [0.25, 0.3) is 16.6 Å². The van der Waals surface area contributed by atoms with Gasteiger partial charge in [-0.25, -0.2) is 4.98 Å². The average Bonchev–Trinajstić information content (AvgIpc) is 3.44. The summed E-state index contributed by atoms with van der Waals surface area (Å²) in [5.41, 5.74) is 11.4. The second-order valence-corrected chi connectivity index (χ2v) is 9.45. The first-order valence-electron chi connectivity index (χ1n) is 11.8. The molecule has 35 heavy (non-hydrogen) atoms. The van der Waals surface area contributed by atoms with Crippen molar-refractivity contribution in [3.63, 3.8) is 0 Å². The Morgan fingerprint density at radius 2 is 2.06 bits per heavy atom. The fraction of sp³-hybridized carbons (Fsp3) is 0.308. The molecule has 0 bridgehead atoms. The van der Waals surface area contributed by atoms with Crippen LogP contribution in [0.2, 0.25) is 0 Å². The Hall–Kier alpha value is -3.98. The topological polar surface area (TPSA) is 126 Å². The lowest BCUT2D eigenvalue weighted by molar-refractivity contribution is 0.187. The van der Waals surface area contributed by atoms with Gasteiger partial charge in [0.25, 0.3) is 5.56 Å². The Labute approximate surface area is 202 Å². The normalized spacial score (nSPS) is 18.7. The van der Waals surface area contributed by atoms with E-state index in [0.29, 0.717) is 34.1 Å². The largest absolute Gasteiger partial charge is 0.481 e. The van der Waals surface area contributed by atoms with Crippen LogP contribution in [-0.2, 0) is 6.42 Å². The van der Waals surface area contributed by atoms with Gasteiger partial charge in [0.05, 0.1) is 12.8 Å². The van der Waals surface area contributed by atoms with Crippen LogP contribution in [-0.4, -0.2) is 45.3 Å². The number of aromatic amines is 2. The monoisotopic (exact) mass is 469 g/mol. The SMILES string of the molecule is C=C(c1ccnc(OC)c1)c1[nH]nc2nc(N3CCC4(CC3)Cc3ccccc3[C@H]4N)[nH]c(=O)c12. The second-order valence-electron chi connectivity index (χ2n) is 9.45. The lowest BCUT2D eigenvalue weighted by Crippen LogP contribution is -2.45. The minimum Gasteiger partial charge on any atom is -0.481 e. The molecular weight excluding hydrogens is 442 g/mol. The first-order chi connectivity index (χ1) is 17.0. The van der Waals surface area contributed by atoms with Crippen molar-refractivity contribution in [1.82, 2.24) is 25.1 Å². The summed E-state index contributed by atoms with van der Waals surface area (Å²) < 4.78 is 5.20. The van der Waals surface area contributed by atoms with Crippen molar-refractivity contribution in [3.05, 3.63) is 81.9 Å². The van der Waals surface area contributed by atoms with E-state index >= 15 is 0 Å². The van der Waals surface area contributed by atoms with Gasteiger partial charge in [-0.15, -0.1) is 0 Å². The number of nitrogens with one attached hydrogen (secondary N) is 2. The van der Waals surface area contributed by atoms with E-state index in [1.54, 1.807) is 19.4 Å². The van der Waals surface area contributed by atoms with Crippen molar-refractivity contribution in [2.45, 2.75) is 25.3 Å². The number of methoxy groups -OCH3 is 1. The van der Waals surface area contributed by atoms with Gasteiger partial charge in [0.2, 0.25) is 11.8 Å². The molecule has 3 aromatic heterocycles. The summed E-state index contributed by atoms with van der Waals surface area (Å²) >= 11 is 0. The second kappa shape index (κ2) is 8.06. The number of ether oxygens (including phenoxy) is 1. The molecule has 1 spiro atoms. The molecule has 2 aliphatic rings. The van der Waals surface area contributed by atoms with E-state index in [2.05, 4.69) is 60.9 Å². The van der Waals surface area contributed by atoms with Gasteiger partial charge < -0.3 is 15.4 Å². The van der Waals surface area contributed by atoms with Gasteiger partial charge in [0.1, 0.15) is 5.39 Å². The Kier molecular flexibility index (Phi) is 4.96. The molecule has 1 fully saturated rings. The minimum atomic E-state index is -0.249. The van der Waals surface area contributed by atoms with E-state index in [-0.39, 0.29) is 17.0 Å². The number of aromatic nitrogens is 5. The zero-order chi connectivity index (χ0) is 24.2. The summed E-state index contributed by atoms with van der Waals surface area (Å²) in [6.07, 6.45) is 4.52. The first kappa shape index (κ1) is 21.5. The van der Waals surface area contributed by atoms with Crippen LogP contribution in [0.1, 0.15) is 41.3 Å². The first-order valence-corrected chi connectivity index (χ1v) is 11.8. The van der Waals surface area contributed by atoms with Crippen molar-refractivity contribution in [2.24, 2.45) is 11.1 Å². The molecular formula is C26H27N7O2. The van der Waals surface area contributed by atoms with Crippen LogP contribution < -0.4 is 20.9 Å². The molecule has 0 radical (unpaired) electrons. The van der Waals surface area contributed by atoms with Gasteiger partial charge in [-0.2, -0.15) is 10.1 Å². The molecule has 1 atom stereocenters. The van der Waals surface area contributed by atoms with Crippen molar-refractivity contribution in [2.75, 3.05) is 25.1 Å². The van der Waals surface area contributed by atoms with Crippen molar-refractivity contribution >= 4 is 22.6 Å². The maximum atomic E-state index is 13.2. The zero-order valence-electron chi connectivity index (χ0n) is 19.5. The molecule has 9 heteroatoms. The van der Waals surface area contributed by atoms with Crippen molar-refractivity contribution < 1.29 is 4.74 Å². The highest BCUT2D eigenvalue weighted by Crippen LogP contribution is 2.50. The maximum Gasteiger partial charge on any atom is 0.264 e. The Balaban J connectivity index is 1.25. The Bertz CT molecular complexity index is 1500. The summed E-state index contributed by atoms with van der Waals surface area (Å²) in [6.45, 7) is 5.70. The van der Waals surface area contributed by atoms with Crippen LogP contribution in [0.4, 0.5) is 5.95 Å². The number of benzene rings is 1. The van der Waals surface area contributed by atoms with Crippen LogP contribution in [0.5, 0.6) is 5.88 Å². The van der Waals surface area contributed by atoms with E-state index < -0.39 is 0 Å². The molecule has 1 aliphatic heterocycles. The number of H-pyrrole nitrogens is 2. The predicted octanol–water partition coefficient (Wildman–Crippen LogP) is 2.95. The molecule has 1 aromatic carbocycles. The van der Waals surface area contributed by atoms with Crippen LogP contribution in [0.3, 0.4) is 0 Å². The van der Waals surface area contributed by atoms with Gasteiger partial charge in [0.15, 0.2) is 5.65 Å². The summed E-state index contributed by atoms with van der Waals surface area (Å²) in [7, 11) is 1.55. The molecule has 9 nitrogen and oxygen atoms in total. The fourth-order valence-corrected chi connectivity index (χ4v) is 5.61. The molecule has 6 rings (SSSR count). The van der Waals surface area contributed by atoms with Crippen LogP contribution in [0.15, 0.2) is 54.0 Å². The van der Waals surface area contributed by atoms with E-state index in [4.69, 9.17) is 10.5 Å². The third-order valence-electron chi connectivity index (χ3n) is 7.66. The van der Waals surface area contributed by atoms with E-state index in [1.807, 2.05) is 6.07 Å². The van der Waals surface area contributed by atoms with Gasteiger partial charge in [-0.1, -0.05) is 30.8 Å². The van der Waals surface area contributed by atoms with Crippen molar-refractivity contribution in [1.29, 1.82) is 0 Å². The number of piperidine rings is 1. The van der Waals surface area contributed by atoms with Crippen molar-refractivity contribution in [3.8, 4) is 5.88 Å². The highest BCUT2D eigenvalue weighted by Gasteiger charge is 2.46. The number of hydrogen-bond donors (Lipinski definition) is 3. The number of rotatable bonds is 4. The molecule has 1 aliphatic carbocycles.